The molecule has 0 spiro atoms. The van der Waals surface area contributed by atoms with Crippen molar-refractivity contribution in [2.75, 3.05) is 19.8 Å². The lowest BCUT2D eigenvalue weighted by atomic mass is 10.1. The van der Waals surface area contributed by atoms with Crippen LogP contribution in [-0.4, -0.2) is 32.0 Å². The van der Waals surface area contributed by atoms with Crippen LogP contribution in [-0.2, 0) is 11.2 Å². The zero-order chi connectivity index (χ0) is 13.4. The normalized spacial score (nSPS) is 13.8. The number of nitrogens with one attached hydrogen (secondary N) is 1. The van der Waals surface area contributed by atoms with Crippen LogP contribution in [0, 0.1) is 0 Å². The fourth-order valence-corrected chi connectivity index (χ4v) is 1.48. The smallest absolute Gasteiger partial charge is 0.411 e. The van der Waals surface area contributed by atoms with Crippen LogP contribution in [0.4, 0.5) is 13.2 Å². The molecular formula is C12H18F3NO2. The van der Waals surface area contributed by atoms with E-state index in [1.54, 1.807) is 6.26 Å². The fourth-order valence-electron chi connectivity index (χ4n) is 1.48. The molecule has 1 rings (SSSR count). The van der Waals surface area contributed by atoms with E-state index in [1.165, 1.54) is 0 Å². The van der Waals surface area contributed by atoms with Gasteiger partial charge >= 0.3 is 6.18 Å². The Balaban J connectivity index is 1.98. The van der Waals surface area contributed by atoms with Crippen LogP contribution in [0.5, 0.6) is 0 Å². The number of hydrogen-bond acceptors (Lipinski definition) is 3. The molecule has 0 fully saturated rings. The molecular weight excluding hydrogens is 247 g/mol. The monoisotopic (exact) mass is 265 g/mol. The summed E-state index contributed by atoms with van der Waals surface area (Å²) >= 11 is 0. The first-order valence-corrected chi connectivity index (χ1v) is 5.87. The summed E-state index contributed by atoms with van der Waals surface area (Å²) in [6.45, 7) is 1.27. The SMILES string of the molecule is CC(CCc1ccco1)NCCOCC(F)(F)F. The maximum absolute atomic E-state index is 11.8. The largest absolute Gasteiger partial charge is 0.469 e. The topological polar surface area (TPSA) is 34.4 Å². The Hall–Kier alpha value is -1.01. The average Bonchev–Trinajstić information content (AvgIpc) is 2.77. The maximum atomic E-state index is 11.8. The highest BCUT2D eigenvalue weighted by Gasteiger charge is 2.27. The number of furan rings is 1. The Morgan fingerprint density at radius 2 is 2.22 bits per heavy atom. The van der Waals surface area contributed by atoms with E-state index in [1.807, 2.05) is 19.1 Å². The van der Waals surface area contributed by atoms with Crippen LogP contribution in [0.15, 0.2) is 22.8 Å². The van der Waals surface area contributed by atoms with Gasteiger partial charge < -0.3 is 14.5 Å². The molecule has 1 aromatic rings. The molecule has 0 saturated heterocycles. The Bertz CT molecular complexity index is 312. The highest BCUT2D eigenvalue weighted by molar-refractivity contribution is 4.98. The minimum absolute atomic E-state index is 0.0601. The van der Waals surface area contributed by atoms with Crippen molar-refractivity contribution in [3.05, 3.63) is 24.2 Å². The van der Waals surface area contributed by atoms with E-state index >= 15 is 0 Å². The van der Waals surface area contributed by atoms with Crippen molar-refractivity contribution in [1.82, 2.24) is 5.32 Å². The molecule has 1 aromatic heterocycles. The van der Waals surface area contributed by atoms with Crippen LogP contribution in [0.3, 0.4) is 0 Å². The molecule has 0 saturated carbocycles. The van der Waals surface area contributed by atoms with E-state index in [0.717, 1.165) is 18.6 Å². The average molecular weight is 265 g/mol. The molecule has 104 valence electrons. The quantitative estimate of drug-likeness (QED) is 0.734. The second-order valence-corrected chi connectivity index (χ2v) is 4.14. The molecule has 1 atom stereocenters. The third-order valence-corrected chi connectivity index (χ3v) is 2.41. The van der Waals surface area contributed by atoms with Crippen molar-refractivity contribution in [2.24, 2.45) is 0 Å². The maximum Gasteiger partial charge on any atom is 0.411 e. The summed E-state index contributed by atoms with van der Waals surface area (Å²) in [7, 11) is 0. The molecule has 18 heavy (non-hydrogen) atoms. The van der Waals surface area contributed by atoms with Gasteiger partial charge in [0.2, 0.25) is 0 Å². The lowest BCUT2D eigenvalue weighted by molar-refractivity contribution is -0.173. The molecule has 1 N–H and O–H groups in total. The zero-order valence-electron chi connectivity index (χ0n) is 10.3. The highest BCUT2D eigenvalue weighted by atomic mass is 19.4. The van der Waals surface area contributed by atoms with E-state index in [9.17, 15) is 13.2 Å². The molecule has 0 aliphatic heterocycles. The van der Waals surface area contributed by atoms with Crippen LogP contribution < -0.4 is 5.32 Å². The van der Waals surface area contributed by atoms with Gasteiger partial charge in [0.1, 0.15) is 12.4 Å². The molecule has 0 bridgehead atoms. The number of aryl methyl sites for hydroxylation is 1. The molecule has 0 aliphatic carbocycles. The van der Waals surface area contributed by atoms with Crippen molar-refractivity contribution in [3.8, 4) is 0 Å². The second kappa shape index (κ2) is 7.43. The van der Waals surface area contributed by atoms with Crippen LogP contribution in [0.25, 0.3) is 0 Å². The van der Waals surface area contributed by atoms with Crippen molar-refractivity contribution >= 4 is 0 Å². The van der Waals surface area contributed by atoms with Gasteiger partial charge in [-0.15, -0.1) is 0 Å². The Labute approximate surface area is 104 Å². The predicted molar refractivity (Wildman–Crippen MR) is 61.4 cm³/mol. The van der Waals surface area contributed by atoms with E-state index < -0.39 is 12.8 Å². The molecule has 1 heterocycles. The summed E-state index contributed by atoms with van der Waals surface area (Å²) < 4.78 is 45.0. The first-order valence-electron chi connectivity index (χ1n) is 5.87. The van der Waals surface area contributed by atoms with Crippen molar-refractivity contribution in [1.29, 1.82) is 0 Å². The standard InChI is InChI=1S/C12H18F3NO2/c1-10(4-5-11-3-2-7-18-11)16-6-8-17-9-12(13,14)15/h2-3,7,10,16H,4-6,8-9H2,1H3. The lowest BCUT2D eigenvalue weighted by Gasteiger charge is -2.13. The number of alkyl halides is 3. The van der Waals surface area contributed by atoms with Gasteiger partial charge in [0.05, 0.1) is 12.9 Å². The molecule has 0 radical (unpaired) electrons. The van der Waals surface area contributed by atoms with Gasteiger partial charge in [-0.1, -0.05) is 0 Å². The van der Waals surface area contributed by atoms with Gasteiger partial charge in [-0.3, -0.25) is 0 Å². The third kappa shape index (κ3) is 7.34. The predicted octanol–water partition coefficient (Wildman–Crippen LogP) is 2.77. The Morgan fingerprint density at radius 1 is 1.44 bits per heavy atom. The molecule has 3 nitrogen and oxygen atoms in total. The van der Waals surface area contributed by atoms with Gasteiger partial charge in [-0.2, -0.15) is 13.2 Å². The summed E-state index contributed by atoms with van der Waals surface area (Å²) in [6, 6.07) is 3.95. The summed E-state index contributed by atoms with van der Waals surface area (Å²) in [5, 5.41) is 3.10. The first kappa shape index (κ1) is 15.0. The summed E-state index contributed by atoms with van der Waals surface area (Å²) in [4.78, 5) is 0. The van der Waals surface area contributed by atoms with Gasteiger partial charge in [0, 0.05) is 19.0 Å². The number of halogens is 3. The summed E-state index contributed by atoms with van der Waals surface area (Å²) in [6.07, 6.45) is -0.944. The van der Waals surface area contributed by atoms with Crippen molar-refractivity contribution in [2.45, 2.75) is 32.0 Å². The fraction of sp³-hybridized carbons (Fsp3) is 0.667. The number of hydrogen-bond donors (Lipinski definition) is 1. The van der Waals surface area contributed by atoms with Gasteiger partial charge in [-0.05, 0) is 25.5 Å². The van der Waals surface area contributed by atoms with Crippen LogP contribution in [0.2, 0.25) is 0 Å². The second-order valence-electron chi connectivity index (χ2n) is 4.14. The first-order chi connectivity index (χ1) is 8.47. The minimum Gasteiger partial charge on any atom is -0.469 e. The molecule has 0 amide bonds. The summed E-state index contributed by atoms with van der Waals surface area (Å²) in [5.74, 6) is 0.914. The van der Waals surface area contributed by atoms with E-state index in [0.29, 0.717) is 6.54 Å². The Morgan fingerprint density at radius 3 is 2.83 bits per heavy atom. The number of ether oxygens (including phenoxy) is 1. The molecule has 0 aliphatic rings. The summed E-state index contributed by atoms with van der Waals surface area (Å²) in [5.41, 5.74) is 0. The van der Waals surface area contributed by atoms with Crippen molar-refractivity contribution < 1.29 is 22.3 Å². The third-order valence-electron chi connectivity index (χ3n) is 2.41. The van der Waals surface area contributed by atoms with E-state index in [4.69, 9.17) is 4.42 Å². The van der Waals surface area contributed by atoms with Gasteiger partial charge in [0.25, 0.3) is 0 Å². The lowest BCUT2D eigenvalue weighted by Crippen LogP contribution is -2.31. The van der Waals surface area contributed by atoms with Crippen LogP contribution >= 0.6 is 0 Å². The zero-order valence-corrected chi connectivity index (χ0v) is 10.3. The molecule has 0 aromatic carbocycles. The molecule has 6 heteroatoms. The Kier molecular flexibility index (Phi) is 6.21. The van der Waals surface area contributed by atoms with Gasteiger partial charge in [0.15, 0.2) is 0 Å². The van der Waals surface area contributed by atoms with Crippen molar-refractivity contribution in [3.63, 3.8) is 0 Å². The minimum atomic E-state index is -4.25. The van der Waals surface area contributed by atoms with Crippen LogP contribution in [0.1, 0.15) is 19.1 Å². The number of rotatable bonds is 8. The highest BCUT2D eigenvalue weighted by Crippen LogP contribution is 2.14. The molecule has 1 unspecified atom stereocenters. The van der Waals surface area contributed by atoms with E-state index in [2.05, 4.69) is 10.1 Å². The van der Waals surface area contributed by atoms with Gasteiger partial charge in [-0.25, -0.2) is 0 Å². The van der Waals surface area contributed by atoms with E-state index in [-0.39, 0.29) is 12.6 Å².